The second-order valence-corrected chi connectivity index (χ2v) is 9.60. The van der Waals surface area contributed by atoms with Crippen molar-refractivity contribution in [2.24, 2.45) is 0 Å². The number of rotatable bonds is 2. The number of pyridine rings is 1. The average molecular weight is 505 g/mol. The van der Waals surface area contributed by atoms with Crippen LogP contribution in [0.3, 0.4) is 0 Å². The van der Waals surface area contributed by atoms with Crippen molar-refractivity contribution in [2.75, 3.05) is 4.90 Å². The fraction of sp³-hybridized carbons (Fsp3) is 0.111. The first kappa shape index (κ1) is 22.1. The highest BCUT2D eigenvalue weighted by atomic mass is 35.5. The van der Waals surface area contributed by atoms with Crippen molar-refractivity contribution in [3.8, 4) is 5.69 Å². The Labute approximate surface area is 210 Å². The van der Waals surface area contributed by atoms with Crippen molar-refractivity contribution in [1.82, 2.24) is 4.57 Å². The third-order valence-corrected chi connectivity index (χ3v) is 7.35. The minimum Gasteiger partial charge on any atom is -0.372 e. The van der Waals surface area contributed by atoms with E-state index in [4.69, 9.17) is 23.2 Å². The molecule has 1 aliphatic heterocycles. The number of hydrogen-bond donors (Lipinski definition) is 2. The monoisotopic (exact) mass is 504 g/mol. The lowest BCUT2D eigenvalue weighted by atomic mass is 9.86. The van der Waals surface area contributed by atoms with E-state index in [1.165, 1.54) is 15.5 Å². The van der Waals surface area contributed by atoms with E-state index in [2.05, 4.69) is 0 Å². The summed E-state index contributed by atoms with van der Waals surface area (Å²) in [5, 5.41) is 25.4. The molecule has 35 heavy (non-hydrogen) atoms. The van der Waals surface area contributed by atoms with E-state index in [0.29, 0.717) is 27.1 Å². The van der Waals surface area contributed by atoms with E-state index in [0.717, 1.165) is 0 Å². The standard InChI is InChI=1S/C27H18Cl2N2O4/c1-15-14-22-23(25(33)30(15)18-10-6-16(28)7-11-18)26(34)24(32)20-4-2-3-5-21(20)27(26,35)31(22)19-12-8-17(29)9-13-19/h2-14,34-35H,1H3. The minimum absolute atomic E-state index is 0.153. The van der Waals surface area contributed by atoms with E-state index in [1.54, 1.807) is 79.7 Å². The summed E-state index contributed by atoms with van der Waals surface area (Å²) in [6.45, 7) is 1.74. The van der Waals surface area contributed by atoms with Crippen LogP contribution in [0.25, 0.3) is 5.69 Å². The van der Waals surface area contributed by atoms with Crippen molar-refractivity contribution in [3.63, 3.8) is 0 Å². The van der Waals surface area contributed by atoms with Gasteiger partial charge < -0.3 is 15.1 Å². The van der Waals surface area contributed by atoms with E-state index in [9.17, 15) is 19.8 Å². The first-order valence-corrected chi connectivity index (χ1v) is 11.6. The van der Waals surface area contributed by atoms with E-state index < -0.39 is 22.7 Å². The fourth-order valence-electron chi connectivity index (χ4n) is 5.34. The van der Waals surface area contributed by atoms with Crippen molar-refractivity contribution in [1.29, 1.82) is 0 Å². The van der Waals surface area contributed by atoms with Crippen LogP contribution < -0.4 is 10.5 Å². The molecule has 0 saturated heterocycles. The number of carbonyl (C=O) groups excluding carboxylic acids is 1. The average Bonchev–Trinajstić information content (AvgIpc) is 3.15. The van der Waals surface area contributed by atoms with Gasteiger partial charge in [-0.3, -0.25) is 14.2 Å². The molecule has 6 nitrogen and oxygen atoms in total. The van der Waals surface area contributed by atoms with Gasteiger partial charge in [-0.15, -0.1) is 0 Å². The molecule has 174 valence electrons. The zero-order valence-corrected chi connectivity index (χ0v) is 19.9. The molecule has 0 amide bonds. The second-order valence-electron chi connectivity index (χ2n) is 8.73. The number of aliphatic hydroxyl groups is 2. The van der Waals surface area contributed by atoms with Gasteiger partial charge in [-0.25, -0.2) is 0 Å². The molecule has 0 fully saturated rings. The van der Waals surface area contributed by atoms with Gasteiger partial charge >= 0.3 is 0 Å². The van der Waals surface area contributed by atoms with Crippen LogP contribution >= 0.6 is 23.2 Å². The highest BCUT2D eigenvalue weighted by Crippen LogP contribution is 2.61. The number of carbonyl (C=O) groups is 1. The number of halogens is 2. The smallest absolute Gasteiger partial charge is 0.264 e. The Morgan fingerprint density at radius 2 is 1.37 bits per heavy atom. The zero-order valence-electron chi connectivity index (χ0n) is 18.4. The summed E-state index contributed by atoms with van der Waals surface area (Å²) in [5.74, 6) is -0.739. The Morgan fingerprint density at radius 3 is 2.00 bits per heavy atom. The lowest BCUT2D eigenvalue weighted by Crippen LogP contribution is -2.54. The Morgan fingerprint density at radius 1 is 0.800 bits per heavy atom. The number of nitrogens with zero attached hydrogens (tertiary/aromatic N) is 2. The van der Waals surface area contributed by atoms with Crippen molar-refractivity contribution in [3.05, 3.63) is 122 Å². The molecule has 2 aliphatic rings. The van der Waals surface area contributed by atoms with Crippen LogP contribution in [0.4, 0.5) is 11.4 Å². The Kier molecular flexibility index (Phi) is 4.60. The highest BCUT2D eigenvalue weighted by Gasteiger charge is 2.72. The molecule has 1 aromatic heterocycles. The van der Waals surface area contributed by atoms with Crippen molar-refractivity contribution < 1.29 is 15.0 Å². The third kappa shape index (κ3) is 2.68. The summed E-state index contributed by atoms with van der Waals surface area (Å²) < 4.78 is 1.40. The number of ketones is 1. The molecular formula is C27H18Cl2N2O4. The number of benzene rings is 3. The molecule has 8 heteroatoms. The molecule has 4 aromatic rings. The number of anilines is 2. The summed E-state index contributed by atoms with van der Waals surface area (Å²) in [5.41, 5.74) is -3.46. The number of aryl methyl sites for hydroxylation is 1. The summed E-state index contributed by atoms with van der Waals surface area (Å²) in [6.07, 6.45) is 0. The maximum absolute atomic E-state index is 14.0. The van der Waals surface area contributed by atoms with Crippen LogP contribution in [0.5, 0.6) is 0 Å². The van der Waals surface area contributed by atoms with E-state index in [-0.39, 0.29) is 22.4 Å². The van der Waals surface area contributed by atoms with Gasteiger partial charge in [0.15, 0.2) is 0 Å². The molecule has 6 rings (SSSR count). The van der Waals surface area contributed by atoms with Gasteiger partial charge in [-0.2, -0.15) is 0 Å². The SMILES string of the molecule is Cc1cc2c(c(=O)n1-c1ccc(Cl)cc1)C1(O)C(=O)c3ccccc3C1(O)N2c1ccc(Cl)cc1. The summed E-state index contributed by atoms with van der Waals surface area (Å²) >= 11 is 12.1. The lowest BCUT2D eigenvalue weighted by Gasteiger charge is -2.38. The summed E-state index contributed by atoms with van der Waals surface area (Å²) in [6, 6.07) is 21.4. The number of Topliss-reactive ketones (excluding diaryl/α,β-unsaturated/α-hetero) is 1. The number of aromatic nitrogens is 1. The topological polar surface area (TPSA) is 82.8 Å². The molecule has 2 N–H and O–H groups in total. The lowest BCUT2D eigenvalue weighted by molar-refractivity contribution is -0.113. The molecule has 2 unspecified atom stereocenters. The Balaban J connectivity index is 1.73. The number of fused-ring (bicyclic) bond motifs is 5. The maximum Gasteiger partial charge on any atom is 0.264 e. The molecular weight excluding hydrogens is 487 g/mol. The van der Waals surface area contributed by atoms with Crippen LogP contribution in [0.15, 0.2) is 83.7 Å². The molecule has 0 radical (unpaired) electrons. The first-order valence-electron chi connectivity index (χ1n) is 10.9. The molecule has 0 saturated carbocycles. The third-order valence-electron chi connectivity index (χ3n) is 6.85. The Bertz CT molecular complexity index is 1600. The summed E-state index contributed by atoms with van der Waals surface area (Å²) in [4.78, 5) is 29.2. The van der Waals surface area contributed by atoms with E-state index >= 15 is 0 Å². The zero-order chi connectivity index (χ0) is 24.7. The van der Waals surface area contributed by atoms with Gasteiger partial charge in [0.2, 0.25) is 17.1 Å². The van der Waals surface area contributed by atoms with Gasteiger partial charge in [-0.1, -0.05) is 47.5 Å². The Hall–Kier alpha value is -3.42. The van der Waals surface area contributed by atoms with Crippen LogP contribution in [0, 0.1) is 6.92 Å². The normalized spacial score (nSPS) is 22.2. The van der Waals surface area contributed by atoms with Crippen molar-refractivity contribution >= 4 is 40.4 Å². The molecule has 2 heterocycles. The van der Waals surface area contributed by atoms with Crippen molar-refractivity contribution in [2.45, 2.75) is 18.2 Å². The van der Waals surface area contributed by atoms with Crippen LogP contribution in [-0.4, -0.2) is 20.6 Å². The molecule has 0 spiro atoms. The summed E-state index contributed by atoms with van der Waals surface area (Å²) in [7, 11) is 0. The fourth-order valence-corrected chi connectivity index (χ4v) is 5.59. The van der Waals surface area contributed by atoms with Gasteiger partial charge in [0.1, 0.15) is 0 Å². The predicted octanol–water partition coefficient (Wildman–Crippen LogP) is 4.83. The van der Waals surface area contributed by atoms with Gasteiger partial charge in [-0.05, 0) is 61.5 Å². The quantitative estimate of drug-likeness (QED) is 0.408. The maximum atomic E-state index is 14.0. The van der Waals surface area contributed by atoms with Crippen LogP contribution in [0.2, 0.25) is 10.0 Å². The minimum atomic E-state index is -2.54. The molecule has 0 bridgehead atoms. The van der Waals surface area contributed by atoms with Crippen LogP contribution in [-0.2, 0) is 11.3 Å². The number of hydrogen-bond acceptors (Lipinski definition) is 5. The van der Waals surface area contributed by atoms with E-state index in [1.807, 2.05) is 0 Å². The molecule has 2 atom stereocenters. The second kappa shape index (κ2) is 7.29. The van der Waals surface area contributed by atoms with Gasteiger partial charge in [0.05, 0.1) is 11.3 Å². The van der Waals surface area contributed by atoms with Gasteiger partial charge in [0.25, 0.3) is 5.56 Å². The molecule has 3 aromatic carbocycles. The van der Waals surface area contributed by atoms with Gasteiger partial charge in [0, 0.05) is 38.2 Å². The predicted molar refractivity (Wildman–Crippen MR) is 134 cm³/mol. The highest BCUT2D eigenvalue weighted by molar-refractivity contribution is 6.31. The van der Waals surface area contributed by atoms with Crippen LogP contribution in [0.1, 0.15) is 27.2 Å². The molecule has 1 aliphatic carbocycles. The first-order chi connectivity index (χ1) is 16.7. The largest absolute Gasteiger partial charge is 0.372 e.